The Morgan fingerprint density at radius 2 is 2.10 bits per heavy atom. The number of nitrogens with zero attached hydrogens (tertiary/aromatic N) is 1. The Kier molecular flexibility index (Phi) is 4.53. The first-order chi connectivity index (χ1) is 10.3. The van der Waals surface area contributed by atoms with Crippen LogP contribution in [-0.4, -0.2) is 55.9 Å². The molecule has 1 amide bonds. The first kappa shape index (κ1) is 14.5. The fourth-order valence-electron chi connectivity index (χ4n) is 2.91. The maximum Gasteiger partial charge on any atom is 0.253 e. The van der Waals surface area contributed by atoms with Crippen LogP contribution < -0.4 is 5.32 Å². The summed E-state index contributed by atoms with van der Waals surface area (Å²) in [5.74, 6) is 0.0613. The van der Waals surface area contributed by atoms with E-state index in [1.54, 1.807) is 0 Å². The highest BCUT2D eigenvalue weighted by Crippen LogP contribution is 2.27. The van der Waals surface area contributed by atoms with E-state index < -0.39 is 0 Å². The van der Waals surface area contributed by atoms with Crippen LogP contribution in [0.15, 0.2) is 30.3 Å². The second-order valence-electron chi connectivity index (χ2n) is 5.62. The number of hydrogen-bond donors (Lipinski definition) is 1. The Bertz CT molecular complexity index is 474. The van der Waals surface area contributed by atoms with Gasteiger partial charge in [-0.2, -0.15) is 0 Å². The fourth-order valence-corrected chi connectivity index (χ4v) is 2.91. The molecule has 0 unspecified atom stereocenters. The summed E-state index contributed by atoms with van der Waals surface area (Å²) >= 11 is 0. The first-order valence-electron chi connectivity index (χ1n) is 7.55. The van der Waals surface area contributed by atoms with Crippen LogP contribution in [0.25, 0.3) is 0 Å². The van der Waals surface area contributed by atoms with E-state index in [-0.39, 0.29) is 24.2 Å². The van der Waals surface area contributed by atoms with Gasteiger partial charge in [-0.25, -0.2) is 0 Å². The molecule has 0 radical (unpaired) electrons. The van der Waals surface area contributed by atoms with Crippen molar-refractivity contribution in [2.45, 2.75) is 25.2 Å². The van der Waals surface area contributed by atoms with E-state index in [1.807, 2.05) is 42.2 Å². The third-order valence-electron chi connectivity index (χ3n) is 4.04. The standard InChI is InChI=1S/C16H22N2O3/c1-12-10-18(16(19)15-9-17-7-8-20-15)14(11-21-12)13-5-3-2-4-6-13/h2-6,12,14-15,17H,7-11H2,1H3/t12-,14-,15-/m1/s1. The number of morpholine rings is 2. The molecule has 0 bridgehead atoms. The number of nitrogens with one attached hydrogen (secondary N) is 1. The van der Waals surface area contributed by atoms with E-state index in [2.05, 4.69) is 5.32 Å². The zero-order valence-electron chi connectivity index (χ0n) is 12.3. The number of rotatable bonds is 2. The van der Waals surface area contributed by atoms with Crippen LogP contribution in [0.5, 0.6) is 0 Å². The molecule has 1 aromatic carbocycles. The molecule has 2 aliphatic rings. The second kappa shape index (κ2) is 6.56. The predicted octanol–water partition coefficient (Wildman–Crippen LogP) is 0.963. The Hall–Kier alpha value is -1.43. The largest absolute Gasteiger partial charge is 0.374 e. The molecule has 114 valence electrons. The van der Waals surface area contributed by atoms with Gasteiger partial charge in [0, 0.05) is 19.6 Å². The topological polar surface area (TPSA) is 50.8 Å². The predicted molar refractivity (Wildman–Crippen MR) is 78.9 cm³/mol. The van der Waals surface area contributed by atoms with Crippen LogP contribution in [0.2, 0.25) is 0 Å². The number of amides is 1. The lowest BCUT2D eigenvalue weighted by molar-refractivity contribution is -0.158. The highest BCUT2D eigenvalue weighted by Gasteiger charge is 2.36. The van der Waals surface area contributed by atoms with Crippen molar-refractivity contribution in [1.82, 2.24) is 10.2 Å². The van der Waals surface area contributed by atoms with Crippen molar-refractivity contribution in [3.8, 4) is 0 Å². The Morgan fingerprint density at radius 3 is 2.81 bits per heavy atom. The minimum atomic E-state index is -0.379. The van der Waals surface area contributed by atoms with Gasteiger partial charge in [-0.1, -0.05) is 30.3 Å². The van der Waals surface area contributed by atoms with E-state index in [0.717, 1.165) is 12.1 Å². The molecule has 2 heterocycles. The number of ether oxygens (including phenoxy) is 2. The van der Waals surface area contributed by atoms with Crippen molar-refractivity contribution in [2.24, 2.45) is 0 Å². The van der Waals surface area contributed by atoms with Gasteiger partial charge < -0.3 is 19.7 Å². The van der Waals surface area contributed by atoms with Gasteiger partial charge in [-0.05, 0) is 12.5 Å². The third kappa shape index (κ3) is 3.26. The highest BCUT2D eigenvalue weighted by atomic mass is 16.5. The molecule has 5 heteroatoms. The summed E-state index contributed by atoms with van der Waals surface area (Å²) in [6.45, 7) is 5.14. The highest BCUT2D eigenvalue weighted by molar-refractivity contribution is 5.82. The summed E-state index contributed by atoms with van der Waals surface area (Å²) < 4.78 is 11.4. The lowest BCUT2D eigenvalue weighted by atomic mass is 10.0. The van der Waals surface area contributed by atoms with Crippen molar-refractivity contribution in [2.75, 3.05) is 32.8 Å². The number of hydrogen-bond acceptors (Lipinski definition) is 4. The van der Waals surface area contributed by atoms with Crippen LogP contribution in [0.1, 0.15) is 18.5 Å². The van der Waals surface area contributed by atoms with Gasteiger partial charge in [0.1, 0.15) is 6.10 Å². The summed E-state index contributed by atoms with van der Waals surface area (Å²) in [4.78, 5) is 14.7. The van der Waals surface area contributed by atoms with Crippen LogP contribution in [0, 0.1) is 0 Å². The molecular formula is C16H22N2O3. The van der Waals surface area contributed by atoms with E-state index in [9.17, 15) is 4.79 Å². The Morgan fingerprint density at radius 1 is 1.29 bits per heavy atom. The van der Waals surface area contributed by atoms with E-state index in [1.165, 1.54) is 0 Å². The summed E-state index contributed by atoms with van der Waals surface area (Å²) in [6.07, 6.45) is -0.319. The minimum absolute atomic E-state index is 0.0274. The lowest BCUT2D eigenvalue weighted by Crippen LogP contribution is -2.54. The number of carbonyl (C=O) groups excluding carboxylic acids is 1. The average Bonchev–Trinajstić information content (AvgIpc) is 2.56. The maximum atomic E-state index is 12.8. The molecule has 3 rings (SSSR count). The molecule has 1 N–H and O–H groups in total. The average molecular weight is 290 g/mol. The van der Waals surface area contributed by atoms with Crippen LogP contribution in [-0.2, 0) is 14.3 Å². The van der Waals surface area contributed by atoms with Gasteiger partial charge >= 0.3 is 0 Å². The molecule has 1 aromatic rings. The Labute approximate surface area is 125 Å². The van der Waals surface area contributed by atoms with Gasteiger partial charge in [0.25, 0.3) is 5.91 Å². The fraction of sp³-hybridized carbons (Fsp3) is 0.562. The van der Waals surface area contributed by atoms with Gasteiger partial charge in [-0.3, -0.25) is 4.79 Å². The van der Waals surface area contributed by atoms with Crippen molar-refractivity contribution in [3.05, 3.63) is 35.9 Å². The molecule has 0 saturated carbocycles. The van der Waals surface area contributed by atoms with Crippen LogP contribution >= 0.6 is 0 Å². The van der Waals surface area contributed by atoms with Crippen molar-refractivity contribution in [1.29, 1.82) is 0 Å². The maximum absolute atomic E-state index is 12.8. The molecule has 2 fully saturated rings. The van der Waals surface area contributed by atoms with Gasteiger partial charge in [0.2, 0.25) is 0 Å². The van der Waals surface area contributed by atoms with Crippen LogP contribution in [0.3, 0.4) is 0 Å². The van der Waals surface area contributed by atoms with Gasteiger partial charge in [-0.15, -0.1) is 0 Å². The quantitative estimate of drug-likeness (QED) is 0.881. The zero-order chi connectivity index (χ0) is 14.7. The molecule has 3 atom stereocenters. The van der Waals surface area contributed by atoms with Gasteiger partial charge in [0.05, 0.1) is 25.4 Å². The Balaban J connectivity index is 1.79. The normalized spacial score (nSPS) is 30.1. The van der Waals surface area contributed by atoms with Gasteiger partial charge in [0.15, 0.2) is 0 Å². The molecule has 2 saturated heterocycles. The second-order valence-corrected chi connectivity index (χ2v) is 5.62. The summed E-state index contributed by atoms with van der Waals surface area (Å²) in [7, 11) is 0. The third-order valence-corrected chi connectivity index (χ3v) is 4.04. The van der Waals surface area contributed by atoms with Crippen molar-refractivity contribution < 1.29 is 14.3 Å². The summed E-state index contributed by atoms with van der Waals surface area (Å²) in [5.41, 5.74) is 1.11. The molecule has 5 nitrogen and oxygen atoms in total. The molecular weight excluding hydrogens is 268 g/mol. The molecule has 21 heavy (non-hydrogen) atoms. The number of benzene rings is 1. The minimum Gasteiger partial charge on any atom is -0.374 e. The smallest absolute Gasteiger partial charge is 0.253 e. The molecule has 0 spiro atoms. The van der Waals surface area contributed by atoms with Crippen molar-refractivity contribution >= 4 is 5.91 Å². The SMILES string of the molecule is C[C@@H]1CN(C(=O)[C@H]2CNCCO2)[C@@H](c2ccccc2)CO1. The van der Waals surface area contributed by atoms with E-state index in [0.29, 0.717) is 26.3 Å². The summed E-state index contributed by atoms with van der Waals surface area (Å²) in [6, 6.07) is 10.0. The van der Waals surface area contributed by atoms with Crippen molar-refractivity contribution in [3.63, 3.8) is 0 Å². The summed E-state index contributed by atoms with van der Waals surface area (Å²) in [5, 5.41) is 3.22. The van der Waals surface area contributed by atoms with E-state index in [4.69, 9.17) is 9.47 Å². The zero-order valence-corrected chi connectivity index (χ0v) is 12.3. The van der Waals surface area contributed by atoms with Crippen LogP contribution in [0.4, 0.5) is 0 Å². The monoisotopic (exact) mass is 290 g/mol. The lowest BCUT2D eigenvalue weighted by Gasteiger charge is -2.41. The number of carbonyl (C=O) groups is 1. The molecule has 2 aliphatic heterocycles. The van der Waals surface area contributed by atoms with E-state index >= 15 is 0 Å². The molecule has 0 aromatic heterocycles. The first-order valence-corrected chi connectivity index (χ1v) is 7.55. The molecule has 0 aliphatic carbocycles.